The molecule has 2 N–H and O–H groups in total. The van der Waals surface area contributed by atoms with Crippen LogP contribution in [-0.4, -0.2) is 75.6 Å². The fourth-order valence-electron chi connectivity index (χ4n) is 4.02. The molecule has 2 saturated heterocycles. The Balaban J connectivity index is 1.36. The Morgan fingerprint density at radius 1 is 1.25 bits per heavy atom. The van der Waals surface area contributed by atoms with Crippen LogP contribution in [0.2, 0.25) is 0 Å². The number of para-hydroxylation sites is 2. The van der Waals surface area contributed by atoms with Crippen LogP contribution in [0.4, 0.5) is 10.5 Å². The van der Waals surface area contributed by atoms with Crippen molar-refractivity contribution in [1.29, 1.82) is 0 Å². The summed E-state index contributed by atoms with van der Waals surface area (Å²) in [7, 11) is 1.70. The molecule has 0 aromatic heterocycles. The second-order valence-electron chi connectivity index (χ2n) is 8.22. The number of rotatable bonds is 6. The molecule has 2 aliphatic heterocycles. The highest BCUT2D eigenvalue weighted by molar-refractivity contribution is 5.74. The number of anilines is 1. The third-order valence-corrected chi connectivity index (χ3v) is 5.47. The molecule has 28 heavy (non-hydrogen) atoms. The Kier molecular flexibility index (Phi) is 7.02. The van der Waals surface area contributed by atoms with Gasteiger partial charge < -0.3 is 25.0 Å². The number of hydrogen-bond donors (Lipinski definition) is 2. The number of amides is 2. The molecular formula is C21H34N4O3. The molecule has 0 spiro atoms. The fourth-order valence-corrected chi connectivity index (χ4v) is 4.02. The van der Waals surface area contributed by atoms with Gasteiger partial charge in [0.05, 0.1) is 25.0 Å². The van der Waals surface area contributed by atoms with Gasteiger partial charge in [-0.25, -0.2) is 4.79 Å². The van der Waals surface area contributed by atoms with Gasteiger partial charge in [-0.3, -0.25) is 4.90 Å². The molecule has 0 saturated carbocycles. The molecule has 156 valence electrons. The van der Waals surface area contributed by atoms with Crippen molar-refractivity contribution >= 4 is 11.7 Å². The minimum atomic E-state index is -0.101. The highest BCUT2D eigenvalue weighted by Gasteiger charge is 2.27. The van der Waals surface area contributed by atoms with Crippen LogP contribution < -0.4 is 20.3 Å². The highest BCUT2D eigenvalue weighted by Crippen LogP contribution is 2.29. The number of piperidine rings is 1. The molecule has 3 rings (SSSR count). The zero-order chi connectivity index (χ0) is 20.0. The van der Waals surface area contributed by atoms with Crippen molar-refractivity contribution in [3.8, 4) is 5.75 Å². The monoisotopic (exact) mass is 390 g/mol. The molecule has 0 bridgehead atoms. The standard InChI is InChI=1S/C21H34N4O3/c1-21(2)16-24(14-15-28-21)13-10-22-20(26)23-17-8-11-25(12-9-17)18-6-4-5-7-19(18)27-3/h4-7,17H,8-16H2,1-3H3,(H2,22,23,26). The summed E-state index contributed by atoms with van der Waals surface area (Å²) in [6.07, 6.45) is 1.87. The summed E-state index contributed by atoms with van der Waals surface area (Å²) < 4.78 is 11.2. The van der Waals surface area contributed by atoms with Gasteiger partial charge in [0.2, 0.25) is 0 Å². The zero-order valence-electron chi connectivity index (χ0n) is 17.4. The maximum absolute atomic E-state index is 12.2. The quantitative estimate of drug-likeness (QED) is 0.779. The van der Waals surface area contributed by atoms with Crippen molar-refractivity contribution < 1.29 is 14.3 Å². The molecule has 1 aromatic rings. The smallest absolute Gasteiger partial charge is 0.315 e. The van der Waals surface area contributed by atoms with E-state index >= 15 is 0 Å². The molecule has 0 atom stereocenters. The third kappa shape index (κ3) is 5.75. The van der Waals surface area contributed by atoms with Crippen LogP contribution in [-0.2, 0) is 4.74 Å². The van der Waals surface area contributed by atoms with Crippen molar-refractivity contribution in [2.45, 2.75) is 38.3 Å². The van der Waals surface area contributed by atoms with Crippen LogP contribution in [0.5, 0.6) is 5.75 Å². The van der Waals surface area contributed by atoms with Crippen molar-refractivity contribution in [3.63, 3.8) is 0 Å². The number of ether oxygens (including phenoxy) is 2. The first-order valence-corrected chi connectivity index (χ1v) is 10.3. The summed E-state index contributed by atoms with van der Waals surface area (Å²) in [6, 6.07) is 8.25. The predicted molar refractivity (Wildman–Crippen MR) is 111 cm³/mol. The van der Waals surface area contributed by atoms with Gasteiger partial charge in [-0.1, -0.05) is 12.1 Å². The number of urea groups is 1. The minimum absolute atomic E-state index is 0.0664. The maximum Gasteiger partial charge on any atom is 0.315 e. The lowest BCUT2D eigenvalue weighted by atomic mass is 10.0. The van der Waals surface area contributed by atoms with E-state index in [4.69, 9.17) is 9.47 Å². The van der Waals surface area contributed by atoms with Crippen LogP contribution in [0.25, 0.3) is 0 Å². The van der Waals surface area contributed by atoms with Gasteiger partial charge in [-0.2, -0.15) is 0 Å². The van der Waals surface area contributed by atoms with E-state index in [2.05, 4.69) is 40.3 Å². The number of methoxy groups -OCH3 is 1. The molecule has 0 radical (unpaired) electrons. The van der Waals surface area contributed by atoms with Gasteiger partial charge in [0.25, 0.3) is 0 Å². The van der Waals surface area contributed by atoms with Gasteiger partial charge in [-0.05, 0) is 38.8 Å². The summed E-state index contributed by atoms with van der Waals surface area (Å²) in [5.74, 6) is 0.901. The average Bonchev–Trinajstić information content (AvgIpc) is 2.68. The second kappa shape index (κ2) is 9.47. The van der Waals surface area contributed by atoms with Gasteiger partial charge in [0, 0.05) is 45.3 Å². The van der Waals surface area contributed by atoms with Crippen molar-refractivity contribution in [2.75, 3.05) is 57.9 Å². The second-order valence-corrected chi connectivity index (χ2v) is 8.22. The van der Waals surface area contributed by atoms with Crippen LogP contribution in [0, 0.1) is 0 Å². The molecule has 2 fully saturated rings. The van der Waals surface area contributed by atoms with Gasteiger partial charge in [0.15, 0.2) is 0 Å². The molecule has 2 aliphatic rings. The number of carbonyl (C=O) groups is 1. The Morgan fingerprint density at radius 2 is 2.00 bits per heavy atom. The molecule has 0 unspecified atom stereocenters. The predicted octanol–water partition coefficient (Wildman–Crippen LogP) is 2.07. The number of morpholine rings is 1. The number of nitrogens with one attached hydrogen (secondary N) is 2. The first-order valence-electron chi connectivity index (χ1n) is 10.3. The summed E-state index contributed by atoms with van der Waals surface area (Å²) in [6.45, 7) is 10.1. The van der Waals surface area contributed by atoms with Crippen molar-refractivity contribution in [2.24, 2.45) is 0 Å². The molecule has 2 amide bonds. The first kappa shape index (κ1) is 20.7. The number of hydrogen-bond acceptors (Lipinski definition) is 5. The highest BCUT2D eigenvalue weighted by atomic mass is 16.5. The first-order chi connectivity index (χ1) is 13.5. The van der Waals surface area contributed by atoms with Gasteiger partial charge in [0.1, 0.15) is 5.75 Å². The summed E-state index contributed by atoms with van der Waals surface area (Å²) >= 11 is 0. The molecule has 1 aromatic carbocycles. The summed E-state index contributed by atoms with van der Waals surface area (Å²) in [5.41, 5.74) is 1.02. The third-order valence-electron chi connectivity index (χ3n) is 5.47. The topological polar surface area (TPSA) is 66.1 Å². The summed E-state index contributed by atoms with van der Waals surface area (Å²) in [4.78, 5) is 16.9. The lowest BCUT2D eigenvalue weighted by Crippen LogP contribution is -2.52. The van der Waals surface area contributed by atoms with E-state index in [1.54, 1.807) is 7.11 Å². The molecular weight excluding hydrogens is 356 g/mol. The number of benzene rings is 1. The lowest BCUT2D eigenvalue weighted by molar-refractivity contribution is -0.0852. The maximum atomic E-state index is 12.2. The van der Waals surface area contributed by atoms with E-state index in [-0.39, 0.29) is 17.7 Å². The Labute approximate surface area is 168 Å². The minimum Gasteiger partial charge on any atom is -0.495 e. The molecule has 0 aliphatic carbocycles. The Hall–Kier alpha value is -1.99. The van der Waals surface area contributed by atoms with E-state index in [0.29, 0.717) is 6.54 Å². The summed E-state index contributed by atoms with van der Waals surface area (Å²) in [5, 5.41) is 6.12. The molecule has 2 heterocycles. The van der Waals surface area contributed by atoms with E-state index < -0.39 is 0 Å². The molecule has 7 nitrogen and oxygen atoms in total. The Morgan fingerprint density at radius 3 is 2.71 bits per heavy atom. The normalized spacial score (nSPS) is 20.6. The largest absolute Gasteiger partial charge is 0.495 e. The van der Waals surface area contributed by atoms with E-state index in [0.717, 1.165) is 63.6 Å². The van der Waals surface area contributed by atoms with Crippen LogP contribution in [0.15, 0.2) is 24.3 Å². The fraction of sp³-hybridized carbons (Fsp3) is 0.667. The molecule has 7 heteroatoms. The van der Waals surface area contributed by atoms with Crippen molar-refractivity contribution in [1.82, 2.24) is 15.5 Å². The average molecular weight is 391 g/mol. The van der Waals surface area contributed by atoms with Crippen LogP contribution >= 0.6 is 0 Å². The lowest BCUT2D eigenvalue weighted by Gasteiger charge is -2.38. The van der Waals surface area contributed by atoms with Gasteiger partial charge in [-0.15, -0.1) is 0 Å². The Bertz CT molecular complexity index is 644. The number of nitrogens with zero attached hydrogens (tertiary/aromatic N) is 2. The van der Waals surface area contributed by atoms with Crippen LogP contribution in [0.3, 0.4) is 0 Å². The van der Waals surface area contributed by atoms with E-state index in [1.807, 2.05) is 18.2 Å². The van der Waals surface area contributed by atoms with Crippen LogP contribution in [0.1, 0.15) is 26.7 Å². The van der Waals surface area contributed by atoms with E-state index in [9.17, 15) is 4.79 Å². The SMILES string of the molecule is COc1ccccc1N1CCC(NC(=O)NCCN2CCOC(C)(C)C2)CC1. The van der Waals surface area contributed by atoms with E-state index in [1.165, 1.54) is 0 Å². The number of carbonyl (C=O) groups excluding carboxylic acids is 1. The van der Waals surface area contributed by atoms with Gasteiger partial charge >= 0.3 is 6.03 Å². The zero-order valence-corrected chi connectivity index (χ0v) is 17.4. The van der Waals surface area contributed by atoms with Crippen molar-refractivity contribution in [3.05, 3.63) is 24.3 Å².